The minimum Gasteiger partial charge on any atom is -0.252 e. The van der Waals surface area contributed by atoms with Crippen molar-refractivity contribution in [2.24, 2.45) is 5.29 Å². The molecule has 1 aliphatic rings. The molecule has 9 heavy (non-hydrogen) atoms. The van der Waals surface area contributed by atoms with Gasteiger partial charge in [0.15, 0.2) is 0 Å². The third-order valence-electron chi connectivity index (χ3n) is 1.92. The van der Waals surface area contributed by atoms with E-state index in [1.807, 2.05) is 20.8 Å². The van der Waals surface area contributed by atoms with E-state index in [0.29, 0.717) is 6.04 Å². The summed E-state index contributed by atoms with van der Waals surface area (Å²) >= 11 is 0. The Labute approximate surface area is 55.0 Å². The van der Waals surface area contributed by atoms with Crippen molar-refractivity contribution in [3.8, 4) is 0 Å². The average molecular weight is 128 g/mol. The van der Waals surface area contributed by atoms with Crippen molar-refractivity contribution in [1.29, 1.82) is 0 Å². The highest BCUT2D eigenvalue weighted by Crippen LogP contribution is 2.35. The van der Waals surface area contributed by atoms with Gasteiger partial charge in [-0.25, -0.2) is 0 Å². The Balaban J connectivity index is 2.57. The average Bonchev–Trinajstić information content (AvgIpc) is 1.63. The van der Waals surface area contributed by atoms with E-state index in [1.165, 1.54) is 0 Å². The molecular formula is C6H12N2O. The van der Waals surface area contributed by atoms with E-state index in [0.717, 1.165) is 6.42 Å². The maximum atomic E-state index is 10.1. The van der Waals surface area contributed by atoms with Crippen LogP contribution in [0.5, 0.6) is 0 Å². The Morgan fingerprint density at radius 1 is 1.67 bits per heavy atom. The SMILES string of the molecule is CC1CC(C)(C)N1N=O. The van der Waals surface area contributed by atoms with Gasteiger partial charge in [0.2, 0.25) is 0 Å². The first-order valence-corrected chi connectivity index (χ1v) is 3.20. The molecular weight excluding hydrogens is 116 g/mol. The fourth-order valence-corrected chi connectivity index (χ4v) is 1.58. The normalized spacial score (nSPS) is 31.4. The van der Waals surface area contributed by atoms with Crippen molar-refractivity contribution in [3.05, 3.63) is 4.91 Å². The van der Waals surface area contributed by atoms with E-state index in [9.17, 15) is 4.91 Å². The van der Waals surface area contributed by atoms with Crippen molar-refractivity contribution in [2.75, 3.05) is 0 Å². The standard InChI is InChI=1S/C6H12N2O/c1-5-4-6(2,3)8(5)7-9/h5H,4H2,1-3H3. The lowest BCUT2D eigenvalue weighted by Crippen LogP contribution is -2.58. The first-order chi connectivity index (χ1) is 4.08. The molecule has 1 rings (SSSR count). The summed E-state index contributed by atoms with van der Waals surface area (Å²) in [5.41, 5.74) is 0.0150. The van der Waals surface area contributed by atoms with Gasteiger partial charge in [0, 0.05) is 0 Å². The van der Waals surface area contributed by atoms with Crippen LogP contribution in [-0.4, -0.2) is 16.6 Å². The fraction of sp³-hybridized carbons (Fsp3) is 1.00. The van der Waals surface area contributed by atoms with Crippen molar-refractivity contribution >= 4 is 0 Å². The van der Waals surface area contributed by atoms with Crippen LogP contribution in [0.1, 0.15) is 27.2 Å². The number of hydrogen-bond donors (Lipinski definition) is 0. The summed E-state index contributed by atoms with van der Waals surface area (Å²) < 4.78 is 0. The van der Waals surface area contributed by atoms with Gasteiger partial charge in [-0.15, -0.1) is 4.91 Å². The Hall–Kier alpha value is -0.600. The van der Waals surface area contributed by atoms with E-state index in [4.69, 9.17) is 0 Å². The van der Waals surface area contributed by atoms with E-state index < -0.39 is 0 Å². The van der Waals surface area contributed by atoms with Crippen LogP contribution in [0.3, 0.4) is 0 Å². The topological polar surface area (TPSA) is 32.7 Å². The highest BCUT2D eigenvalue weighted by atomic mass is 16.3. The minimum atomic E-state index is 0.0150. The summed E-state index contributed by atoms with van der Waals surface area (Å²) in [4.78, 5) is 10.1. The predicted molar refractivity (Wildman–Crippen MR) is 35.8 cm³/mol. The van der Waals surface area contributed by atoms with Gasteiger partial charge in [0.1, 0.15) is 0 Å². The van der Waals surface area contributed by atoms with Crippen molar-refractivity contribution in [2.45, 2.75) is 38.8 Å². The van der Waals surface area contributed by atoms with Gasteiger partial charge in [-0.1, -0.05) is 0 Å². The molecule has 1 unspecified atom stereocenters. The lowest BCUT2D eigenvalue weighted by atomic mass is 9.85. The van der Waals surface area contributed by atoms with Crippen LogP contribution < -0.4 is 0 Å². The smallest absolute Gasteiger partial charge is 0.0578 e. The highest BCUT2D eigenvalue weighted by molar-refractivity contribution is 4.95. The number of hydrogen-bond acceptors (Lipinski definition) is 2. The molecule has 0 radical (unpaired) electrons. The molecule has 0 aliphatic carbocycles. The Morgan fingerprint density at radius 2 is 2.22 bits per heavy atom. The molecule has 0 aromatic heterocycles. The summed E-state index contributed by atoms with van der Waals surface area (Å²) in [6, 6.07) is 0.345. The van der Waals surface area contributed by atoms with Crippen LogP contribution in [-0.2, 0) is 0 Å². The number of rotatable bonds is 1. The second kappa shape index (κ2) is 1.69. The molecule has 1 aliphatic heterocycles. The second-order valence-electron chi connectivity index (χ2n) is 3.29. The second-order valence-corrected chi connectivity index (χ2v) is 3.29. The predicted octanol–water partition coefficient (Wildman–Crippen LogP) is 1.54. The third kappa shape index (κ3) is 0.802. The van der Waals surface area contributed by atoms with Crippen LogP contribution in [0, 0.1) is 4.91 Å². The molecule has 52 valence electrons. The van der Waals surface area contributed by atoms with Gasteiger partial charge in [-0.05, 0) is 27.2 Å². The molecule has 1 fully saturated rings. The zero-order chi connectivity index (χ0) is 7.07. The molecule has 0 spiro atoms. The summed E-state index contributed by atoms with van der Waals surface area (Å²) in [5.74, 6) is 0. The van der Waals surface area contributed by atoms with E-state index in [-0.39, 0.29) is 5.54 Å². The lowest BCUT2D eigenvalue weighted by molar-refractivity contribution is -0.0400. The quantitative estimate of drug-likeness (QED) is 0.502. The summed E-state index contributed by atoms with van der Waals surface area (Å²) in [7, 11) is 0. The van der Waals surface area contributed by atoms with Gasteiger partial charge in [0.05, 0.1) is 16.9 Å². The van der Waals surface area contributed by atoms with Crippen LogP contribution >= 0.6 is 0 Å². The molecule has 0 saturated carbocycles. The van der Waals surface area contributed by atoms with Crippen LogP contribution in [0.4, 0.5) is 0 Å². The van der Waals surface area contributed by atoms with Gasteiger partial charge in [-0.2, -0.15) is 0 Å². The molecule has 1 saturated heterocycles. The van der Waals surface area contributed by atoms with Crippen LogP contribution in [0.25, 0.3) is 0 Å². The largest absolute Gasteiger partial charge is 0.252 e. The van der Waals surface area contributed by atoms with E-state index >= 15 is 0 Å². The van der Waals surface area contributed by atoms with Crippen molar-refractivity contribution < 1.29 is 0 Å². The zero-order valence-corrected chi connectivity index (χ0v) is 6.09. The third-order valence-corrected chi connectivity index (χ3v) is 1.92. The van der Waals surface area contributed by atoms with Crippen LogP contribution in [0.2, 0.25) is 0 Å². The van der Waals surface area contributed by atoms with Crippen molar-refractivity contribution in [1.82, 2.24) is 5.01 Å². The van der Waals surface area contributed by atoms with Gasteiger partial charge < -0.3 is 0 Å². The van der Waals surface area contributed by atoms with Crippen LogP contribution in [0.15, 0.2) is 5.29 Å². The number of nitrogens with zero attached hydrogens (tertiary/aromatic N) is 2. The van der Waals surface area contributed by atoms with Gasteiger partial charge >= 0.3 is 0 Å². The fourth-order valence-electron chi connectivity index (χ4n) is 1.58. The Kier molecular flexibility index (Phi) is 1.22. The summed E-state index contributed by atoms with van der Waals surface area (Å²) in [6.07, 6.45) is 1.07. The molecule has 0 N–H and O–H groups in total. The zero-order valence-electron chi connectivity index (χ0n) is 6.09. The molecule has 3 nitrogen and oxygen atoms in total. The minimum absolute atomic E-state index is 0.0150. The Bertz CT molecular complexity index is 133. The monoisotopic (exact) mass is 128 g/mol. The molecule has 0 bridgehead atoms. The maximum absolute atomic E-state index is 10.1. The molecule has 3 heteroatoms. The molecule has 0 amide bonds. The van der Waals surface area contributed by atoms with Gasteiger partial charge in [0.25, 0.3) is 0 Å². The summed E-state index contributed by atoms with van der Waals surface area (Å²) in [6.45, 7) is 6.05. The molecule has 0 aromatic carbocycles. The summed E-state index contributed by atoms with van der Waals surface area (Å²) in [5, 5.41) is 4.52. The van der Waals surface area contributed by atoms with E-state index in [1.54, 1.807) is 5.01 Å². The van der Waals surface area contributed by atoms with Gasteiger partial charge in [-0.3, -0.25) is 5.01 Å². The van der Waals surface area contributed by atoms with Crippen molar-refractivity contribution in [3.63, 3.8) is 0 Å². The highest BCUT2D eigenvalue weighted by Gasteiger charge is 2.42. The van der Waals surface area contributed by atoms with E-state index in [2.05, 4.69) is 5.29 Å². The first-order valence-electron chi connectivity index (χ1n) is 3.20. The molecule has 1 heterocycles. The molecule has 0 aromatic rings. The maximum Gasteiger partial charge on any atom is 0.0578 e. The Morgan fingerprint density at radius 3 is 2.33 bits per heavy atom. The first kappa shape index (κ1) is 6.52. The molecule has 1 atom stereocenters. The number of nitroso groups, excluding NO2 is 1. The lowest BCUT2D eigenvalue weighted by Gasteiger charge is -2.49.